The molecule has 2 aromatic rings. The fourth-order valence-electron chi connectivity index (χ4n) is 1.94. The standard InChI is InChI=1S/C15H20N2O2/c1-4-17-10-12(9-16-17)15(18)13-7-5-6-8-14(13)19-11(2)3/h5-11,15,18H,4H2,1-3H3. The Kier molecular flexibility index (Phi) is 4.22. The van der Waals surface area contributed by atoms with E-state index in [1.54, 1.807) is 10.9 Å². The van der Waals surface area contributed by atoms with E-state index in [9.17, 15) is 5.11 Å². The van der Waals surface area contributed by atoms with Crippen molar-refractivity contribution >= 4 is 0 Å². The van der Waals surface area contributed by atoms with E-state index in [0.29, 0.717) is 5.75 Å². The number of ether oxygens (including phenoxy) is 1. The molecule has 0 spiro atoms. The predicted octanol–water partition coefficient (Wildman–Crippen LogP) is 2.77. The quantitative estimate of drug-likeness (QED) is 0.899. The highest BCUT2D eigenvalue weighted by molar-refractivity contribution is 5.39. The third kappa shape index (κ3) is 3.15. The second-order valence-electron chi connectivity index (χ2n) is 4.74. The van der Waals surface area contributed by atoms with E-state index in [4.69, 9.17) is 4.74 Å². The SMILES string of the molecule is CCn1cc(C(O)c2ccccc2OC(C)C)cn1. The molecule has 0 aliphatic rings. The van der Waals surface area contributed by atoms with Gasteiger partial charge >= 0.3 is 0 Å². The van der Waals surface area contributed by atoms with Gasteiger partial charge < -0.3 is 9.84 Å². The maximum absolute atomic E-state index is 10.5. The van der Waals surface area contributed by atoms with Crippen molar-refractivity contribution in [1.82, 2.24) is 9.78 Å². The van der Waals surface area contributed by atoms with E-state index in [1.807, 2.05) is 51.2 Å². The zero-order valence-electron chi connectivity index (χ0n) is 11.6. The Hall–Kier alpha value is -1.81. The molecular weight excluding hydrogens is 240 g/mol. The molecule has 0 saturated heterocycles. The summed E-state index contributed by atoms with van der Waals surface area (Å²) < 4.78 is 7.53. The Morgan fingerprint density at radius 2 is 2.05 bits per heavy atom. The summed E-state index contributed by atoms with van der Waals surface area (Å²) in [6.45, 7) is 6.74. The first-order valence-electron chi connectivity index (χ1n) is 6.57. The van der Waals surface area contributed by atoms with Crippen LogP contribution >= 0.6 is 0 Å². The van der Waals surface area contributed by atoms with E-state index < -0.39 is 6.10 Å². The summed E-state index contributed by atoms with van der Waals surface area (Å²) in [7, 11) is 0. The summed E-state index contributed by atoms with van der Waals surface area (Å²) in [6, 6.07) is 7.56. The van der Waals surface area contributed by atoms with Gasteiger partial charge in [0.2, 0.25) is 0 Å². The van der Waals surface area contributed by atoms with E-state index in [2.05, 4.69) is 5.10 Å². The summed E-state index contributed by atoms with van der Waals surface area (Å²) in [5, 5.41) is 14.6. The lowest BCUT2D eigenvalue weighted by atomic mass is 10.0. The third-order valence-corrected chi connectivity index (χ3v) is 2.87. The van der Waals surface area contributed by atoms with E-state index in [1.165, 1.54) is 0 Å². The van der Waals surface area contributed by atoms with Crippen molar-refractivity contribution in [3.63, 3.8) is 0 Å². The van der Waals surface area contributed by atoms with Gasteiger partial charge in [-0.2, -0.15) is 5.10 Å². The minimum Gasteiger partial charge on any atom is -0.491 e. The minimum atomic E-state index is -0.713. The van der Waals surface area contributed by atoms with Crippen LogP contribution in [-0.2, 0) is 6.54 Å². The van der Waals surface area contributed by atoms with Crippen molar-refractivity contribution < 1.29 is 9.84 Å². The molecule has 0 saturated carbocycles. The highest BCUT2D eigenvalue weighted by Crippen LogP contribution is 2.30. The molecule has 0 fully saturated rings. The number of nitrogens with zero attached hydrogens (tertiary/aromatic N) is 2. The van der Waals surface area contributed by atoms with E-state index >= 15 is 0 Å². The highest BCUT2D eigenvalue weighted by atomic mass is 16.5. The molecule has 1 unspecified atom stereocenters. The molecule has 4 heteroatoms. The van der Waals surface area contributed by atoms with Crippen molar-refractivity contribution in [2.45, 2.75) is 39.5 Å². The zero-order valence-corrected chi connectivity index (χ0v) is 11.6. The van der Waals surface area contributed by atoms with Gasteiger partial charge in [-0.25, -0.2) is 0 Å². The van der Waals surface area contributed by atoms with Gasteiger partial charge in [0.25, 0.3) is 0 Å². The molecule has 19 heavy (non-hydrogen) atoms. The number of aryl methyl sites for hydroxylation is 1. The van der Waals surface area contributed by atoms with Gasteiger partial charge in [0.1, 0.15) is 11.9 Å². The normalized spacial score (nSPS) is 12.7. The lowest BCUT2D eigenvalue weighted by molar-refractivity contribution is 0.198. The molecule has 2 rings (SSSR count). The largest absolute Gasteiger partial charge is 0.491 e. The summed E-state index contributed by atoms with van der Waals surface area (Å²) in [5.41, 5.74) is 1.55. The van der Waals surface area contributed by atoms with Gasteiger partial charge in [-0.1, -0.05) is 18.2 Å². The molecule has 0 bridgehead atoms. The number of hydrogen-bond donors (Lipinski definition) is 1. The maximum Gasteiger partial charge on any atom is 0.125 e. The van der Waals surface area contributed by atoms with Crippen LogP contribution < -0.4 is 4.74 Å². The molecule has 1 aromatic carbocycles. The van der Waals surface area contributed by atoms with Crippen LogP contribution in [-0.4, -0.2) is 21.0 Å². The lowest BCUT2D eigenvalue weighted by Gasteiger charge is -2.17. The van der Waals surface area contributed by atoms with Gasteiger partial charge in [-0.3, -0.25) is 4.68 Å². The van der Waals surface area contributed by atoms with Crippen molar-refractivity contribution in [3.05, 3.63) is 47.8 Å². The number of para-hydroxylation sites is 1. The van der Waals surface area contributed by atoms with Crippen molar-refractivity contribution in [2.24, 2.45) is 0 Å². The fraction of sp³-hybridized carbons (Fsp3) is 0.400. The van der Waals surface area contributed by atoms with Crippen LogP contribution in [0.3, 0.4) is 0 Å². The highest BCUT2D eigenvalue weighted by Gasteiger charge is 2.17. The minimum absolute atomic E-state index is 0.0757. The Labute approximate surface area is 113 Å². The molecule has 0 amide bonds. The molecule has 4 nitrogen and oxygen atoms in total. The van der Waals surface area contributed by atoms with Gasteiger partial charge in [0.05, 0.1) is 12.3 Å². The first kappa shape index (κ1) is 13.6. The van der Waals surface area contributed by atoms with E-state index in [-0.39, 0.29) is 6.10 Å². The molecule has 102 valence electrons. The number of hydrogen-bond acceptors (Lipinski definition) is 3. The second-order valence-corrected chi connectivity index (χ2v) is 4.74. The Morgan fingerprint density at radius 3 is 2.68 bits per heavy atom. The predicted molar refractivity (Wildman–Crippen MR) is 74.2 cm³/mol. The van der Waals surface area contributed by atoms with Crippen LogP contribution in [0.5, 0.6) is 5.75 Å². The molecule has 1 N–H and O–H groups in total. The molecular formula is C15H20N2O2. The first-order valence-corrected chi connectivity index (χ1v) is 6.57. The van der Waals surface area contributed by atoms with Crippen molar-refractivity contribution in [3.8, 4) is 5.75 Å². The zero-order chi connectivity index (χ0) is 13.8. The molecule has 0 aliphatic carbocycles. The molecule has 1 atom stereocenters. The monoisotopic (exact) mass is 260 g/mol. The Bertz CT molecular complexity index is 534. The van der Waals surface area contributed by atoms with E-state index in [0.717, 1.165) is 17.7 Å². The van der Waals surface area contributed by atoms with Crippen LogP contribution in [0.1, 0.15) is 38.0 Å². The Balaban J connectivity index is 2.29. The average Bonchev–Trinajstić information content (AvgIpc) is 2.86. The molecule has 1 aromatic heterocycles. The lowest BCUT2D eigenvalue weighted by Crippen LogP contribution is -2.09. The molecule has 1 heterocycles. The third-order valence-electron chi connectivity index (χ3n) is 2.87. The van der Waals surface area contributed by atoms with Crippen LogP contribution in [0.4, 0.5) is 0 Å². The molecule has 0 aliphatic heterocycles. The summed E-state index contributed by atoms with van der Waals surface area (Å²) in [4.78, 5) is 0. The van der Waals surface area contributed by atoms with Crippen LogP contribution in [0.2, 0.25) is 0 Å². The summed E-state index contributed by atoms with van der Waals surface area (Å²) >= 11 is 0. The summed E-state index contributed by atoms with van der Waals surface area (Å²) in [6.07, 6.45) is 2.92. The Morgan fingerprint density at radius 1 is 1.32 bits per heavy atom. The first-order chi connectivity index (χ1) is 9.11. The maximum atomic E-state index is 10.5. The smallest absolute Gasteiger partial charge is 0.125 e. The number of benzene rings is 1. The summed E-state index contributed by atoms with van der Waals surface area (Å²) in [5.74, 6) is 0.717. The average molecular weight is 260 g/mol. The van der Waals surface area contributed by atoms with Gasteiger partial charge in [0.15, 0.2) is 0 Å². The van der Waals surface area contributed by atoms with Crippen LogP contribution in [0.25, 0.3) is 0 Å². The van der Waals surface area contributed by atoms with Crippen LogP contribution in [0, 0.1) is 0 Å². The number of aliphatic hydroxyl groups excluding tert-OH is 1. The van der Waals surface area contributed by atoms with Gasteiger partial charge in [-0.05, 0) is 26.8 Å². The topological polar surface area (TPSA) is 47.3 Å². The van der Waals surface area contributed by atoms with Crippen molar-refractivity contribution in [2.75, 3.05) is 0 Å². The van der Waals surface area contributed by atoms with Crippen molar-refractivity contribution in [1.29, 1.82) is 0 Å². The van der Waals surface area contributed by atoms with Gasteiger partial charge in [-0.15, -0.1) is 0 Å². The number of aliphatic hydroxyl groups is 1. The number of rotatable bonds is 5. The van der Waals surface area contributed by atoms with Crippen LogP contribution in [0.15, 0.2) is 36.7 Å². The molecule has 0 radical (unpaired) electrons. The second kappa shape index (κ2) is 5.89. The number of aromatic nitrogens is 2. The van der Waals surface area contributed by atoms with Gasteiger partial charge in [0, 0.05) is 23.9 Å². The fourth-order valence-corrected chi connectivity index (χ4v) is 1.94.